The molecule has 100 valence electrons. The molecule has 1 aromatic rings. The van der Waals surface area contributed by atoms with E-state index in [1.165, 1.54) is 12.1 Å². The van der Waals surface area contributed by atoms with E-state index in [1.807, 2.05) is 0 Å². The molecule has 2 unspecified atom stereocenters. The molecule has 0 fully saturated rings. The van der Waals surface area contributed by atoms with Crippen molar-refractivity contribution in [2.24, 2.45) is 0 Å². The van der Waals surface area contributed by atoms with Gasteiger partial charge in [-0.2, -0.15) is 0 Å². The molecule has 0 aliphatic carbocycles. The van der Waals surface area contributed by atoms with Crippen LogP contribution in [-0.4, -0.2) is 28.2 Å². The molecule has 0 aliphatic heterocycles. The molecule has 0 spiro atoms. The van der Waals surface area contributed by atoms with Crippen LogP contribution < -0.4 is 5.32 Å². The number of rotatable bonds is 5. The van der Waals surface area contributed by atoms with Gasteiger partial charge in [-0.3, -0.25) is 9.00 Å². The van der Waals surface area contributed by atoms with Gasteiger partial charge in [-0.1, -0.05) is 22.0 Å². The normalized spacial score (nSPS) is 14.0. The molecule has 18 heavy (non-hydrogen) atoms. The lowest BCUT2D eigenvalue weighted by Gasteiger charge is -2.12. The zero-order valence-electron chi connectivity index (χ0n) is 10.2. The molecule has 1 aromatic carbocycles. The second-order valence-electron chi connectivity index (χ2n) is 4.12. The average molecular weight is 336 g/mol. The molecule has 2 atom stereocenters. The molecule has 1 amide bonds. The molecule has 0 saturated carbocycles. The first-order valence-corrected chi connectivity index (χ1v) is 7.94. The van der Waals surface area contributed by atoms with Gasteiger partial charge in [0.1, 0.15) is 5.82 Å². The Balaban J connectivity index is 2.56. The fourth-order valence-electron chi connectivity index (χ4n) is 1.56. The monoisotopic (exact) mass is 335 g/mol. The molecule has 6 heteroatoms. The van der Waals surface area contributed by atoms with E-state index in [9.17, 15) is 13.4 Å². The second kappa shape index (κ2) is 6.99. The van der Waals surface area contributed by atoms with Crippen molar-refractivity contribution in [1.82, 2.24) is 5.32 Å². The lowest BCUT2D eigenvalue weighted by atomic mass is 10.1. The van der Waals surface area contributed by atoms with Crippen molar-refractivity contribution in [3.05, 3.63) is 34.1 Å². The highest BCUT2D eigenvalue weighted by Crippen LogP contribution is 2.18. The fourth-order valence-corrected chi connectivity index (χ4v) is 2.84. The minimum Gasteiger partial charge on any atom is -0.352 e. The van der Waals surface area contributed by atoms with Gasteiger partial charge in [0.05, 0.1) is 6.42 Å². The summed E-state index contributed by atoms with van der Waals surface area (Å²) in [6, 6.07) is 4.08. The van der Waals surface area contributed by atoms with E-state index >= 15 is 0 Å². The van der Waals surface area contributed by atoms with Crippen LogP contribution in [0.5, 0.6) is 0 Å². The van der Waals surface area contributed by atoms with Gasteiger partial charge in [0.25, 0.3) is 0 Å². The van der Waals surface area contributed by atoms with E-state index in [1.54, 1.807) is 19.2 Å². The Morgan fingerprint density at radius 3 is 2.78 bits per heavy atom. The molecular formula is C12H15BrFNO2S. The summed E-state index contributed by atoms with van der Waals surface area (Å²) in [4.78, 5) is 11.7. The van der Waals surface area contributed by atoms with E-state index in [0.717, 1.165) is 5.56 Å². The molecular weight excluding hydrogens is 321 g/mol. The van der Waals surface area contributed by atoms with Gasteiger partial charge >= 0.3 is 0 Å². The summed E-state index contributed by atoms with van der Waals surface area (Å²) in [5, 5.41) is 2.75. The van der Waals surface area contributed by atoms with Crippen molar-refractivity contribution in [1.29, 1.82) is 0 Å². The fraction of sp³-hybridized carbons (Fsp3) is 0.417. The van der Waals surface area contributed by atoms with Gasteiger partial charge in [-0.25, -0.2) is 4.39 Å². The third-order valence-electron chi connectivity index (χ3n) is 2.26. The van der Waals surface area contributed by atoms with E-state index in [0.29, 0.717) is 10.2 Å². The standard InChI is InChI=1S/C12H15BrFNO2S/c1-8(7-18(2)17)15-12(16)5-9-3-4-10(14)6-11(9)13/h3-4,6,8H,5,7H2,1-2H3,(H,15,16). The average Bonchev–Trinajstić information content (AvgIpc) is 2.20. The first-order valence-electron chi connectivity index (χ1n) is 5.42. The summed E-state index contributed by atoms with van der Waals surface area (Å²) in [7, 11) is -0.940. The largest absolute Gasteiger partial charge is 0.352 e. The van der Waals surface area contributed by atoms with Gasteiger partial charge in [0, 0.05) is 33.3 Å². The summed E-state index contributed by atoms with van der Waals surface area (Å²) in [6.07, 6.45) is 1.76. The maximum absolute atomic E-state index is 12.9. The summed E-state index contributed by atoms with van der Waals surface area (Å²) in [5.41, 5.74) is 0.721. The SMILES string of the molecule is CC(CS(C)=O)NC(=O)Cc1ccc(F)cc1Br. The number of benzene rings is 1. The Hall–Kier alpha value is -0.750. The van der Waals surface area contributed by atoms with Crippen LogP contribution in [0.4, 0.5) is 4.39 Å². The van der Waals surface area contributed by atoms with E-state index < -0.39 is 10.8 Å². The van der Waals surface area contributed by atoms with Crippen LogP contribution >= 0.6 is 15.9 Å². The van der Waals surface area contributed by atoms with Crippen LogP contribution in [0.15, 0.2) is 22.7 Å². The first kappa shape index (κ1) is 15.3. The molecule has 0 saturated heterocycles. The molecule has 1 N–H and O–H groups in total. The van der Waals surface area contributed by atoms with Crippen LogP contribution in [0.3, 0.4) is 0 Å². The van der Waals surface area contributed by atoms with Crippen molar-refractivity contribution >= 4 is 32.6 Å². The van der Waals surface area contributed by atoms with Crippen molar-refractivity contribution in [2.75, 3.05) is 12.0 Å². The summed E-state index contributed by atoms with van der Waals surface area (Å²) in [6.45, 7) is 1.80. The highest BCUT2D eigenvalue weighted by Gasteiger charge is 2.11. The zero-order valence-corrected chi connectivity index (χ0v) is 12.6. The van der Waals surface area contributed by atoms with Crippen LogP contribution in [0.25, 0.3) is 0 Å². The van der Waals surface area contributed by atoms with E-state index in [-0.39, 0.29) is 24.2 Å². The highest BCUT2D eigenvalue weighted by molar-refractivity contribution is 9.10. The second-order valence-corrected chi connectivity index (χ2v) is 6.45. The molecule has 1 rings (SSSR count). The number of hydrogen-bond donors (Lipinski definition) is 1. The van der Waals surface area contributed by atoms with Crippen molar-refractivity contribution in [3.8, 4) is 0 Å². The number of halogens is 2. The van der Waals surface area contributed by atoms with Gasteiger partial charge in [0.15, 0.2) is 0 Å². The number of carbonyl (C=O) groups excluding carboxylic acids is 1. The quantitative estimate of drug-likeness (QED) is 0.894. The predicted molar refractivity (Wildman–Crippen MR) is 74.3 cm³/mol. The maximum atomic E-state index is 12.9. The molecule has 0 heterocycles. The number of nitrogens with one attached hydrogen (secondary N) is 1. The number of carbonyl (C=O) groups is 1. The van der Waals surface area contributed by atoms with Gasteiger partial charge < -0.3 is 5.32 Å². The maximum Gasteiger partial charge on any atom is 0.224 e. The van der Waals surface area contributed by atoms with E-state index in [2.05, 4.69) is 21.2 Å². The lowest BCUT2D eigenvalue weighted by molar-refractivity contribution is -0.120. The topological polar surface area (TPSA) is 46.2 Å². The number of amides is 1. The van der Waals surface area contributed by atoms with Crippen molar-refractivity contribution in [3.63, 3.8) is 0 Å². The Bertz CT molecular complexity index is 467. The Morgan fingerprint density at radius 2 is 2.22 bits per heavy atom. The Morgan fingerprint density at radius 1 is 1.56 bits per heavy atom. The van der Waals surface area contributed by atoms with Crippen LogP contribution in [0.1, 0.15) is 12.5 Å². The third kappa shape index (κ3) is 5.27. The van der Waals surface area contributed by atoms with Crippen LogP contribution in [-0.2, 0) is 22.0 Å². The zero-order chi connectivity index (χ0) is 13.7. The first-order chi connectivity index (χ1) is 8.38. The van der Waals surface area contributed by atoms with Crippen molar-refractivity contribution in [2.45, 2.75) is 19.4 Å². The van der Waals surface area contributed by atoms with Gasteiger partial charge in [-0.05, 0) is 24.6 Å². The van der Waals surface area contributed by atoms with Gasteiger partial charge in [0.2, 0.25) is 5.91 Å². The summed E-state index contributed by atoms with van der Waals surface area (Å²) in [5.74, 6) is -0.0860. The Labute approximate surface area is 117 Å². The smallest absolute Gasteiger partial charge is 0.224 e. The third-order valence-corrected chi connectivity index (χ3v) is 3.97. The van der Waals surface area contributed by atoms with Crippen molar-refractivity contribution < 1.29 is 13.4 Å². The molecule has 0 aromatic heterocycles. The number of hydrogen-bond acceptors (Lipinski definition) is 2. The summed E-state index contributed by atoms with van der Waals surface area (Å²) < 4.78 is 24.4. The van der Waals surface area contributed by atoms with Crippen LogP contribution in [0, 0.1) is 5.82 Å². The predicted octanol–water partition coefficient (Wildman–Crippen LogP) is 2.01. The Kier molecular flexibility index (Phi) is 5.95. The van der Waals surface area contributed by atoms with E-state index in [4.69, 9.17) is 0 Å². The minimum atomic E-state index is -0.940. The summed E-state index contributed by atoms with van der Waals surface area (Å²) >= 11 is 3.21. The minimum absolute atomic E-state index is 0.137. The lowest BCUT2D eigenvalue weighted by Crippen LogP contribution is -2.37. The van der Waals surface area contributed by atoms with Gasteiger partial charge in [-0.15, -0.1) is 0 Å². The molecule has 0 radical (unpaired) electrons. The molecule has 3 nitrogen and oxygen atoms in total. The molecule has 0 aliphatic rings. The van der Waals surface area contributed by atoms with Crippen LogP contribution in [0.2, 0.25) is 0 Å². The molecule has 0 bridgehead atoms. The highest BCUT2D eigenvalue weighted by atomic mass is 79.9.